The summed E-state index contributed by atoms with van der Waals surface area (Å²) in [6.07, 6.45) is 6.55. The van der Waals surface area contributed by atoms with Crippen LogP contribution in [0.4, 0.5) is 0 Å². The first-order chi connectivity index (χ1) is 15.2. The normalized spacial score (nSPS) is 11.8. The molecule has 0 fully saturated rings. The maximum atomic E-state index is 12.8. The molecule has 0 aliphatic rings. The van der Waals surface area contributed by atoms with Gasteiger partial charge in [0.15, 0.2) is 15.7 Å². The van der Waals surface area contributed by atoms with Gasteiger partial charge in [-0.15, -0.1) is 0 Å². The summed E-state index contributed by atoms with van der Waals surface area (Å²) in [7, 11) is -0.0246. The van der Waals surface area contributed by atoms with Crippen LogP contribution in [0.15, 0.2) is 52.7 Å². The molecule has 1 aromatic carbocycles. The molecule has 0 aliphatic heterocycles. The zero-order valence-electron chi connectivity index (χ0n) is 18.2. The highest BCUT2D eigenvalue weighted by Gasteiger charge is 2.20. The maximum absolute atomic E-state index is 12.8. The van der Waals surface area contributed by atoms with Crippen molar-refractivity contribution in [3.8, 4) is 28.3 Å². The molecule has 0 atom stereocenters. The standard InChI is InChI=1S/C22H23N5O4S/c1-5-31-19-8-7-15(32(29,30)6-2)9-16(19)18-13-26(3)22(28)17-11-23-21(25-20(17)18)14-10-24-27(4)12-14/h7-13H,5-6H2,1-4H3. The van der Waals surface area contributed by atoms with Gasteiger partial charge in [0, 0.05) is 43.8 Å². The quantitative estimate of drug-likeness (QED) is 0.441. The van der Waals surface area contributed by atoms with Gasteiger partial charge in [0.1, 0.15) is 5.75 Å². The summed E-state index contributed by atoms with van der Waals surface area (Å²) < 4.78 is 34.0. The number of hydrogen-bond donors (Lipinski definition) is 0. The molecule has 3 heterocycles. The molecule has 0 unspecified atom stereocenters. The van der Waals surface area contributed by atoms with Gasteiger partial charge in [0.05, 0.1) is 39.9 Å². The highest BCUT2D eigenvalue weighted by Crippen LogP contribution is 2.36. The lowest BCUT2D eigenvalue weighted by atomic mass is 10.0. The Kier molecular flexibility index (Phi) is 5.55. The van der Waals surface area contributed by atoms with Crippen LogP contribution in [-0.4, -0.2) is 45.1 Å². The fraction of sp³-hybridized carbons (Fsp3) is 0.273. The first-order valence-electron chi connectivity index (χ1n) is 10.1. The van der Waals surface area contributed by atoms with Gasteiger partial charge >= 0.3 is 0 Å². The number of ether oxygens (including phenoxy) is 1. The molecule has 0 bridgehead atoms. The molecule has 10 heteroatoms. The van der Waals surface area contributed by atoms with E-state index < -0.39 is 9.84 Å². The van der Waals surface area contributed by atoms with Crippen molar-refractivity contribution in [2.45, 2.75) is 18.7 Å². The van der Waals surface area contributed by atoms with E-state index in [2.05, 4.69) is 15.1 Å². The van der Waals surface area contributed by atoms with Gasteiger partial charge in [-0.3, -0.25) is 9.48 Å². The van der Waals surface area contributed by atoms with Gasteiger partial charge < -0.3 is 9.30 Å². The Hall–Kier alpha value is -3.53. The molecule has 9 nitrogen and oxygen atoms in total. The summed E-state index contributed by atoms with van der Waals surface area (Å²) in [6, 6.07) is 4.75. The Balaban J connectivity index is 2.06. The molecule has 32 heavy (non-hydrogen) atoms. The van der Waals surface area contributed by atoms with Crippen molar-refractivity contribution in [2.24, 2.45) is 14.1 Å². The van der Waals surface area contributed by atoms with E-state index >= 15 is 0 Å². The van der Waals surface area contributed by atoms with Crippen molar-refractivity contribution in [2.75, 3.05) is 12.4 Å². The molecule has 166 valence electrons. The fourth-order valence-corrected chi connectivity index (χ4v) is 4.39. The lowest BCUT2D eigenvalue weighted by molar-refractivity contribution is 0.341. The lowest BCUT2D eigenvalue weighted by Crippen LogP contribution is -2.18. The maximum Gasteiger partial charge on any atom is 0.261 e. The van der Waals surface area contributed by atoms with Crippen molar-refractivity contribution in [3.05, 3.63) is 53.3 Å². The molecule has 0 saturated carbocycles. The van der Waals surface area contributed by atoms with Gasteiger partial charge in [0.2, 0.25) is 0 Å². The van der Waals surface area contributed by atoms with Gasteiger partial charge in [-0.1, -0.05) is 6.92 Å². The van der Waals surface area contributed by atoms with Crippen LogP contribution < -0.4 is 10.3 Å². The molecule has 0 N–H and O–H groups in total. The molecule has 0 amide bonds. The van der Waals surface area contributed by atoms with Crippen LogP contribution in [0.1, 0.15) is 13.8 Å². The minimum atomic E-state index is -3.45. The molecule has 3 aromatic heterocycles. The SMILES string of the molecule is CCOc1ccc(S(=O)(=O)CC)cc1-c1cn(C)c(=O)c2cnc(-c3cnn(C)c3)nc12. The van der Waals surface area contributed by atoms with Gasteiger partial charge in [-0.2, -0.15) is 5.10 Å². The van der Waals surface area contributed by atoms with Crippen molar-refractivity contribution in [3.63, 3.8) is 0 Å². The molecule has 0 radical (unpaired) electrons. The minimum absolute atomic E-state index is 0.0260. The summed E-state index contributed by atoms with van der Waals surface area (Å²) in [6.45, 7) is 3.84. The zero-order chi connectivity index (χ0) is 23.0. The van der Waals surface area contributed by atoms with E-state index in [0.29, 0.717) is 45.8 Å². The summed E-state index contributed by atoms with van der Waals surface area (Å²) in [4.78, 5) is 22.0. The Labute approximate surface area is 185 Å². The smallest absolute Gasteiger partial charge is 0.261 e. The van der Waals surface area contributed by atoms with E-state index in [4.69, 9.17) is 4.74 Å². The third-order valence-electron chi connectivity index (χ3n) is 5.16. The molecular formula is C22H23N5O4S. The number of benzene rings is 1. The van der Waals surface area contributed by atoms with Crippen molar-refractivity contribution >= 4 is 20.7 Å². The fourth-order valence-electron chi connectivity index (χ4n) is 3.48. The van der Waals surface area contributed by atoms with Crippen molar-refractivity contribution in [1.29, 1.82) is 0 Å². The first-order valence-corrected chi connectivity index (χ1v) is 11.8. The minimum Gasteiger partial charge on any atom is -0.493 e. The van der Waals surface area contributed by atoms with E-state index in [9.17, 15) is 13.2 Å². The lowest BCUT2D eigenvalue weighted by Gasteiger charge is -2.15. The third-order valence-corrected chi connectivity index (χ3v) is 6.89. The Bertz CT molecular complexity index is 1490. The molecule has 4 aromatic rings. The molecule has 4 rings (SSSR count). The second-order valence-electron chi connectivity index (χ2n) is 7.31. The zero-order valence-corrected chi connectivity index (χ0v) is 19.0. The Morgan fingerprint density at radius 3 is 2.50 bits per heavy atom. The van der Waals surface area contributed by atoms with Crippen LogP contribution in [-0.2, 0) is 23.9 Å². The monoisotopic (exact) mass is 453 g/mol. The average molecular weight is 454 g/mol. The first kappa shape index (κ1) is 21.7. The predicted molar refractivity (Wildman–Crippen MR) is 121 cm³/mol. The van der Waals surface area contributed by atoms with E-state index in [0.717, 1.165) is 0 Å². The second-order valence-corrected chi connectivity index (χ2v) is 9.59. The average Bonchev–Trinajstić information content (AvgIpc) is 3.22. The van der Waals surface area contributed by atoms with E-state index in [1.165, 1.54) is 16.8 Å². The number of pyridine rings is 1. The molecular weight excluding hydrogens is 430 g/mol. The summed E-state index contributed by atoms with van der Waals surface area (Å²) in [5, 5.41) is 4.48. The van der Waals surface area contributed by atoms with Crippen LogP contribution >= 0.6 is 0 Å². The van der Waals surface area contributed by atoms with E-state index in [1.807, 2.05) is 6.92 Å². The number of hydrogen-bond acceptors (Lipinski definition) is 7. The number of fused-ring (bicyclic) bond motifs is 1. The summed E-state index contributed by atoms with van der Waals surface area (Å²) in [5.74, 6) is 0.890. The highest BCUT2D eigenvalue weighted by molar-refractivity contribution is 7.91. The van der Waals surface area contributed by atoms with Gasteiger partial charge in [-0.05, 0) is 25.1 Å². The number of aryl methyl sites for hydroxylation is 2. The third kappa shape index (κ3) is 3.77. The number of nitrogens with zero attached hydrogens (tertiary/aromatic N) is 5. The molecule has 0 aliphatic carbocycles. The largest absolute Gasteiger partial charge is 0.493 e. The summed E-state index contributed by atoms with van der Waals surface area (Å²) in [5.41, 5.74) is 1.98. The number of aromatic nitrogens is 5. The van der Waals surface area contributed by atoms with Crippen molar-refractivity contribution in [1.82, 2.24) is 24.3 Å². The summed E-state index contributed by atoms with van der Waals surface area (Å²) >= 11 is 0. The van der Waals surface area contributed by atoms with Crippen LogP contribution in [0.5, 0.6) is 5.75 Å². The van der Waals surface area contributed by atoms with Crippen LogP contribution in [0.2, 0.25) is 0 Å². The predicted octanol–water partition coefficient (Wildman–Crippen LogP) is 2.59. The van der Waals surface area contributed by atoms with Crippen LogP contribution in [0.25, 0.3) is 33.4 Å². The van der Waals surface area contributed by atoms with E-state index in [-0.39, 0.29) is 16.2 Å². The highest BCUT2D eigenvalue weighted by atomic mass is 32.2. The Morgan fingerprint density at radius 1 is 1.06 bits per heavy atom. The topological polar surface area (TPSA) is 109 Å². The van der Waals surface area contributed by atoms with Gasteiger partial charge in [-0.25, -0.2) is 18.4 Å². The molecule has 0 spiro atoms. The number of rotatable bonds is 6. The molecule has 0 saturated heterocycles. The van der Waals surface area contributed by atoms with Crippen LogP contribution in [0.3, 0.4) is 0 Å². The Morgan fingerprint density at radius 2 is 1.84 bits per heavy atom. The van der Waals surface area contributed by atoms with Gasteiger partial charge in [0.25, 0.3) is 5.56 Å². The number of sulfone groups is 1. The van der Waals surface area contributed by atoms with E-state index in [1.54, 1.807) is 56.4 Å². The second kappa shape index (κ2) is 8.19. The van der Waals surface area contributed by atoms with Crippen LogP contribution in [0, 0.1) is 0 Å². The van der Waals surface area contributed by atoms with Crippen molar-refractivity contribution < 1.29 is 13.2 Å².